The van der Waals surface area contributed by atoms with Crippen molar-refractivity contribution in [2.75, 3.05) is 18.6 Å². The number of rotatable bonds is 7. The number of halogens is 5. The number of aromatic carboxylic acids is 1. The number of carbonyl (C=O) groups is 1. The lowest BCUT2D eigenvalue weighted by molar-refractivity contribution is -0.384. The Morgan fingerprint density at radius 1 is 1.31 bits per heavy atom. The van der Waals surface area contributed by atoms with Gasteiger partial charge >= 0.3 is 12.1 Å². The highest BCUT2D eigenvalue weighted by molar-refractivity contribution is 5.93. The Bertz CT molecular complexity index is 763. The van der Waals surface area contributed by atoms with Crippen LogP contribution in [0.5, 0.6) is 5.75 Å². The van der Waals surface area contributed by atoms with E-state index in [2.05, 4.69) is 0 Å². The van der Waals surface area contributed by atoms with Gasteiger partial charge in [0.25, 0.3) is 12.1 Å². The maximum Gasteiger partial charge on any atom is 0.391 e. The Kier molecular flexibility index (Phi) is 6.85. The molecule has 1 aromatic carbocycles. The molecular formula is C17H19F5N2O5. The third-order valence-electron chi connectivity index (χ3n) is 4.96. The van der Waals surface area contributed by atoms with Crippen LogP contribution < -0.4 is 9.64 Å². The van der Waals surface area contributed by atoms with Gasteiger partial charge in [-0.05, 0) is 25.7 Å². The van der Waals surface area contributed by atoms with Gasteiger partial charge in [-0.15, -0.1) is 0 Å². The van der Waals surface area contributed by atoms with E-state index in [0.29, 0.717) is 6.07 Å². The molecule has 1 fully saturated rings. The molecule has 29 heavy (non-hydrogen) atoms. The lowest BCUT2D eigenvalue weighted by Crippen LogP contribution is -2.38. The normalized spacial score (nSPS) is 19.8. The van der Waals surface area contributed by atoms with E-state index >= 15 is 0 Å². The smallest absolute Gasteiger partial charge is 0.391 e. The van der Waals surface area contributed by atoms with Crippen LogP contribution in [0, 0.1) is 16.0 Å². The lowest BCUT2D eigenvalue weighted by Gasteiger charge is -2.36. The summed E-state index contributed by atoms with van der Waals surface area (Å²) in [5.41, 5.74) is -1.37. The molecule has 0 aromatic heterocycles. The fourth-order valence-corrected chi connectivity index (χ4v) is 3.41. The van der Waals surface area contributed by atoms with Crippen molar-refractivity contribution in [3.63, 3.8) is 0 Å². The van der Waals surface area contributed by atoms with Crippen LogP contribution in [-0.2, 0) is 0 Å². The van der Waals surface area contributed by atoms with Crippen molar-refractivity contribution in [1.29, 1.82) is 0 Å². The van der Waals surface area contributed by atoms with Crippen LogP contribution in [0.3, 0.4) is 0 Å². The summed E-state index contributed by atoms with van der Waals surface area (Å²) in [5, 5.41) is 20.6. The first-order chi connectivity index (χ1) is 13.4. The standard InChI is InChI=1S/C17H19F5N2O5/c1-23(10-4-2-9(3-5-10)17(20,21)22)12-7-14(29-8-15(18)19)11(16(25)26)6-13(12)24(27)28/h6-7,9-10,15H,2-5,8H2,1H3,(H,25,26). The van der Waals surface area contributed by atoms with Crippen molar-refractivity contribution in [2.45, 2.75) is 44.3 Å². The summed E-state index contributed by atoms with van der Waals surface area (Å²) in [4.78, 5) is 23.3. The first kappa shape index (κ1) is 22.6. The highest BCUT2D eigenvalue weighted by Crippen LogP contribution is 2.42. The van der Waals surface area contributed by atoms with Crippen LogP contribution in [0.1, 0.15) is 36.0 Å². The summed E-state index contributed by atoms with van der Waals surface area (Å²) < 4.78 is 68.3. The van der Waals surface area contributed by atoms with Gasteiger partial charge < -0.3 is 14.7 Å². The second-order valence-electron chi connectivity index (χ2n) is 6.76. The van der Waals surface area contributed by atoms with Gasteiger partial charge in [0.05, 0.1) is 10.8 Å². The molecule has 0 bridgehead atoms. The molecular weight excluding hydrogens is 407 g/mol. The Morgan fingerprint density at radius 2 is 1.90 bits per heavy atom. The average Bonchev–Trinajstić information content (AvgIpc) is 2.64. The molecule has 0 atom stereocenters. The summed E-state index contributed by atoms with van der Waals surface area (Å²) >= 11 is 0. The van der Waals surface area contributed by atoms with Crippen molar-refractivity contribution in [3.8, 4) is 5.75 Å². The maximum atomic E-state index is 12.8. The summed E-state index contributed by atoms with van der Waals surface area (Å²) in [6.45, 7) is -1.11. The molecule has 12 heteroatoms. The zero-order chi connectivity index (χ0) is 21.9. The van der Waals surface area contributed by atoms with E-state index in [1.807, 2.05) is 0 Å². The molecule has 0 saturated heterocycles. The Hall–Kier alpha value is -2.66. The zero-order valence-electron chi connectivity index (χ0n) is 15.3. The number of nitro benzene ring substituents is 1. The van der Waals surface area contributed by atoms with E-state index in [1.165, 1.54) is 11.9 Å². The first-order valence-corrected chi connectivity index (χ1v) is 8.68. The number of ether oxygens (including phenoxy) is 1. The molecule has 0 radical (unpaired) electrons. The van der Waals surface area contributed by atoms with Crippen molar-refractivity contribution in [3.05, 3.63) is 27.8 Å². The van der Waals surface area contributed by atoms with Crippen LogP contribution in [0.2, 0.25) is 0 Å². The van der Waals surface area contributed by atoms with E-state index in [9.17, 15) is 42.0 Å². The Morgan fingerprint density at radius 3 is 2.34 bits per heavy atom. The molecule has 0 spiro atoms. The number of carboxylic acids is 1. The van der Waals surface area contributed by atoms with E-state index < -0.39 is 59.1 Å². The zero-order valence-corrected chi connectivity index (χ0v) is 15.3. The van der Waals surface area contributed by atoms with Gasteiger partial charge in [-0.1, -0.05) is 0 Å². The van der Waals surface area contributed by atoms with Crippen molar-refractivity contribution >= 4 is 17.3 Å². The average molecular weight is 426 g/mol. The molecule has 7 nitrogen and oxygen atoms in total. The molecule has 0 heterocycles. The Balaban J connectivity index is 2.35. The largest absolute Gasteiger partial charge is 0.487 e. The van der Waals surface area contributed by atoms with Gasteiger partial charge in [0.1, 0.15) is 23.6 Å². The molecule has 1 aliphatic carbocycles. The number of nitrogens with zero attached hydrogens (tertiary/aromatic N) is 2. The molecule has 1 aromatic rings. The maximum absolute atomic E-state index is 12.8. The summed E-state index contributed by atoms with van der Waals surface area (Å²) in [6, 6.07) is 1.21. The van der Waals surface area contributed by atoms with Gasteiger partial charge in [0.15, 0.2) is 0 Å². The number of hydrogen-bond donors (Lipinski definition) is 1. The van der Waals surface area contributed by atoms with Crippen LogP contribution in [0.4, 0.5) is 33.3 Å². The molecule has 1 N–H and O–H groups in total. The highest BCUT2D eigenvalue weighted by atomic mass is 19.4. The molecule has 0 aliphatic heterocycles. The highest BCUT2D eigenvalue weighted by Gasteiger charge is 2.42. The quantitative estimate of drug-likeness (QED) is 0.392. The number of benzene rings is 1. The van der Waals surface area contributed by atoms with Crippen molar-refractivity contribution in [2.24, 2.45) is 5.92 Å². The third kappa shape index (κ3) is 5.45. The number of alkyl halides is 5. The monoisotopic (exact) mass is 426 g/mol. The molecule has 0 unspecified atom stereocenters. The molecule has 0 amide bonds. The number of anilines is 1. The van der Waals surface area contributed by atoms with E-state index in [-0.39, 0.29) is 31.4 Å². The molecule has 2 rings (SSSR count). The predicted molar refractivity (Wildman–Crippen MR) is 91.8 cm³/mol. The van der Waals surface area contributed by atoms with E-state index in [0.717, 1.165) is 6.07 Å². The second-order valence-corrected chi connectivity index (χ2v) is 6.76. The Labute approximate surface area is 162 Å². The lowest BCUT2D eigenvalue weighted by atomic mass is 9.85. The minimum atomic E-state index is -4.31. The summed E-state index contributed by atoms with van der Waals surface area (Å²) in [5.74, 6) is -3.52. The van der Waals surface area contributed by atoms with E-state index in [4.69, 9.17) is 4.74 Å². The van der Waals surface area contributed by atoms with Crippen LogP contribution >= 0.6 is 0 Å². The van der Waals surface area contributed by atoms with Gasteiger partial charge in [-0.3, -0.25) is 10.1 Å². The molecule has 162 valence electrons. The second kappa shape index (κ2) is 8.78. The van der Waals surface area contributed by atoms with Crippen LogP contribution in [-0.4, -0.2) is 48.3 Å². The van der Waals surface area contributed by atoms with Crippen molar-refractivity contribution in [1.82, 2.24) is 0 Å². The predicted octanol–water partition coefficient (Wildman–Crippen LogP) is 4.49. The summed E-state index contributed by atoms with van der Waals surface area (Å²) in [7, 11) is 1.43. The van der Waals surface area contributed by atoms with Crippen LogP contribution in [0.25, 0.3) is 0 Å². The molecule has 1 aliphatic rings. The summed E-state index contributed by atoms with van der Waals surface area (Å²) in [6.07, 6.45) is -7.26. The molecule has 1 saturated carbocycles. The third-order valence-corrected chi connectivity index (χ3v) is 4.96. The van der Waals surface area contributed by atoms with Gasteiger partial charge in [-0.25, -0.2) is 13.6 Å². The van der Waals surface area contributed by atoms with Gasteiger partial charge in [-0.2, -0.15) is 13.2 Å². The van der Waals surface area contributed by atoms with Crippen LogP contribution in [0.15, 0.2) is 12.1 Å². The number of carboxylic acid groups (broad SMARTS) is 1. The van der Waals surface area contributed by atoms with E-state index in [1.54, 1.807) is 0 Å². The first-order valence-electron chi connectivity index (χ1n) is 8.68. The SMILES string of the molecule is CN(c1cc(OCC(F)F)c(C(=O)O)cc1[N+](=O)[O-])C1CCC(C(F)(F)F)CC1. The topological polar surface area (TPSA) is 92.9 Å². The number of nitro groups is 1. The fourth-order valence-electron chi connectivity index (χ4n) is 3.41. The minimum Gasteiger partial charge on any atom is -0.487 e. The minimum absolute atomic E-state index is 0.111. The fraction of sp³-hybridized carbons (Fsp3) is 0.588. The van der Waals surface area contributed by atoms with Gasteiger partial charge in [0.2, 0.25) is 0 Å². The number of hydrogen-bond acceptors (Lipinski definition) is 5. The van der Waals surface area contributed by atoms with Gasteiger partial charge in [0, 0.05) is 25.2 Å². The van der Waals surface area contributed by atoms with Crippen molar-refractivity contribution < 1.29 is 41.5 Å².